The summed E-state index contributed by atoms with van der Waals surface area (Å²) in [5.41, 5.74) is -0.212. The van der Waals surface area contributed by atoms with Crippen molar-refractivity contribution in [3.63, 3.8) is 0 Å². The molecule has 6 heteroatoms. The molecule has 0 fully saturated rings. The molecule has 0 aromatic heterocycles. The van der Waals surface area contributed by atoms with E-state index in [1.165, 1.54) is 13.8 Å². The van der Waals surface area contributed by atoms with Crippen LogP contribution in [0.25, 0.3) is 0 Å². The fourth-order valence-corrected chi connectivity index (χ4v) is 1.64. The van der Waals surface area contributed by atoms with Crippen LogP contribution >= 0.6 is 11.6 Å². The average molecular weight is 277 g/mol. The van der Waals surface area contributed by atoms with Gasteiger partial charge in [0.1, 0.15) is 0 Å². The van der Waals surface area contributed by atoms with Gasteiger partial charge in [-0.05, 0) is 12.1 Å². The van der Waals surface area contributed by atoms with Gasteiger partial charge < -0.3 is 5.11 Å². The van der Waals surface area contributed by atoms with Crippen molar-refractivity contribution >= 4 is 23.4 Å². The van der Waals surface area contributed by atoms with Crippen LogP contribution in [-0.4, -0.2) is 16.9 Å². The number of carboxylic acid groups (broad SMARTS) is 1. The second-order valence-electron chi connectivity index (χ2n) is 4.03. The van der Waals surface area contributed by atoms with Gasteiger partial charge in [0.2, 0.25) is 0 Å². The second-order valence-corrected chi connectivity index (χ2v) is 4.43. The van der Waals surface area contributed by atoms with Crippen molar-refractivity contribution in [2.75, 3.05) is 0 Å². The Morgan fingerprint density at radius 1 is 1.17 bits per heavy atom. The highest BCUT2D eigenvalue weighted by Crippen LogP contribution is 2.25. The third kappa shape index (κ3) is 2.85. The molecule has 0 saturated heterocycles. The average Bonchev–Trinajstić information content (AvgIpc) is 2.30. The normalized spacial score (nSPS) is 14.1. The topological polar surface area (TPSA) is 54.4 Å². The van der Waals surface area contributed by atoms with E-state index in [0.29, 0.717) is 12.1 Å². The number of carbonyl (C=O) groups excluding carboxylic acids is 1. The molecule has 98 valence electrons. The predicted octanol–water partition coefficient (Wildman–Crippen LogP) is 3.16. The van der Waals surface area contributed by atoms with Crippen molar-refractivity contribution in [1.29, 1.82) is 0 Å². The molecule has 0 heterocycles. The van der Waals surface area contributed by atoms with Gasteiger partial charge in [-0.2, -0.15) is 0 Å². The van der Waals surface area contributed by atoms with E-state index in [-0.39, 0.29) is 10.6 Å². The van der Waals surface area contributed by atoms with Crippen LogP contribution in [0, 0.1) is 23.5 Å². The number of hydrogen-bond donors (Lipinski definition) is 1. The Labute approximate surface area is 107 Å². The largest absolute Gasteiger partial charge is 0.481 e. The zero-order valence-corrected chi connectivity index (χ0v) is 10.5. The van der Waals surface area contributed by atoms with E-state index in [4.69, 9.17) is 16.7 Å². The first-order valence-corrected chi connectivity index (χ1v) is 5.55. The van der Waals surface area contributed by atoms with Crippen LogP contribution in [0.4, 0.5) is 8.78 Å². The highest BCUT2D eigenvalue weighted by atomic mass is 35.5. The molecule has 0 aliphatic rings. The molecule has 0 saturated carbocycles. The lowest BCUT2D eigenvalue weighted by Gasteiger charge is -2.15. The first-order chi connectivity index (χ1) is 8.25. The molecule has 2 atom stereocenters. The number of carbonyl (C=O) groups is 2. The molecule has 3 nitrogen and oxygen atoms in total. The maximum atomic E-state index is 13.0. The van der Waals surface area contributed by atoms with Gasteiger partial charge in [0.25, 0.3) is 0 Å². The molecule has 18 heavy (non-hydrogen) atoms. The predicted molar refractivity (Wildman–Crippen MR) is 61.7 cm³/mol. The molecule has 0 spiro atoms. The molecule has 1 aromatic rings. The van der Waals surface area contributed by atoms with Gasteiger partial charge in [-0.25, -0.2) is 8.78 Å². The van der Waals surface area contributed by atoms with Crippen LogP contribution in [0.1, 0.15) is 24.2 Å². The Hall–Kier alpha value is -1.49. The maximum Gasteiger partial charge on any atom is 0.306 e. The quantitative estimate of drug-likeness (QED) is 0.679. The summed E-state index contributed by atoms with van der Waals surface area (Å²) < 4.78 is 25.9. The van der Waals surface area contributed by atoms with Crippen molar-refractivity contribution in [2.24, 2.45) is 11.8 Å². The highest BCUT2D eigenvalue weighted by Gasteiger charge is 2.28. The Balaban J connectivity index is 3.11. The smallest absolute Gasteiger partial charge is 0.306 e. The fraction of sp³-hybridized carbons (Fsp3) is 0.333. The summed E-state index contributed by atoms with van der Waals surface area (Å²) in [7, 11) is 0. The summed E-state index contributed by atoms with van der Waals surface area (Å²) in [5.74, 6) is -5.96. The molecule has 0 aliphatic carbocycles. The van der Waals surface area contributed by atoms with Crippen molar-refractivity contribution in [2.45, 2.75) is 13.8 Å². The van der Waals surface area contributed by atoms with Gasteiger partial charge in [0, 0.05) is 11.5 Å². The van der Waals surface area contributed by atoms with Crippen molar-refractivity contribution < 1.29 is 23.5 Å². The number of aliphatic carboxylic acids is 1. The van der Waals surface area contributed by atoms with E-state index in [9.17, 15) is 18.4 Å². The second kappa shape index (κ2) is 5.44. The number of ketones is 1. The number of halogens is 3. The number of benzene rings is 1. The van der Waals surface area contributed by atoms with Gasteiger partial charge in [-0.3, -0.25) is 9.59 Å². The number of hydrogen-bond acceptors (Lipinski definition) is 2. The Kier molecular flexibility index (Phi) is 4.40. The minimum absolute atomic E-state index is 0.212. The van der Waals surface area contributed by atoms with Gasteiger partial charge in [-0.15, -0.1) is 0 Å². The van der Waals surface area contributed by atoms with E-state index in [1.54, 1.807) is 0 Å². The summed E-state index contributed by atoms with van der Waals surface area (Å²) in [4.78, 5) is 22.7. The van der Waals surface area contributed by atoms with Crippen LogP contribution in [0.3, 0.4) is 0 Å². The van der Waals surface area contributed by atoms with E-state index in [1.807, 2.05) is 0 Å². The first-order valence-electron chi connectivity index (χ1n) is 5.17. The van der Waals surface area contributed by atoms with Gasteiger partial charge >= 0.3 is 5.97 Å². The van der Waals surface area contributed by atoms with E-state index in [0.717, 1.165) is 0 Å². The Bertz CT molecular complexity index is 502. The lowest BCUT2D eigenvalue weighted by Crippen LogP contribution is -2.25. The summed E-state index contributed by atoms with van der Waals surface area (Å²) in [5, 5.41) is 8.56. The third-order valence-electron chi connectivity index (χ3n) is 2.83. The van der Waals surface area contributed by atoms with Crippen LogP contribution in [0.15, 0.2) is 12.1 Å². The summed E-state index contributed by atoms with van der Waals surface area (Å²) >= 11 is 5.65. The lowest BCUT2D eigenvalue weighted by atomic mass is 9.88. The number of carboxylic acids is 1. The van der Waals surface area contributed by atoms with Crippen LogP contribution in [0.5, 0.6) is 0 Å². The molecule has 1 aromatic carbocycles. The van der Waals surface area contributed by atoms with Crippen LogP contribution in [-0.2, 0) is 4.79 Å². The van der Waals surface area contributed by atoms with Gasteiger partial charge in [-0.1, -0.05) is 25.4 Å². The zero-order valence-electron chi connectivity index (χ0n) is 9.71. The van der Waals surface area contributed by atoms with Crippen molar-refractivity contribution in [3.8, 4) is 0 Å². The molecule has 2 unspecified atom stereocenters. The van der Waals surface area contributed by atoms with Crippen molar-refractivity contribution in [1.82, 2.24) is 0 Å². The SMILES string of the molecule is CC(C(=O)O)C(C)C(=O)c1cc(F)c(F)cc1Cl. The molecule has 0 aliphatic heterocycles. The standard InChI is InChI=1S/C12H11ClF2O3/c1-5(6(2)12(17)18)11(16)7-3-9(14)10(15)4-8(7)13/h3-6H,1-2H3,(H,17,18). The number of Topliss-reactive ketones (excluding diaryl/α,β-unsaturated/α-hetero) is 1. The van der Waals surface area contributed by atoms with E-state index >= 15 is 0 Å². The van der Waals surface area contributed by atoms with Crippen LogP contribution < -0.4 is 0 Å². The summed E-state index contributed by atoms with van der Waals surface area (Å²) in [6.45, 7) is 2.76. The van der Waals surface area contributed by atoms with Gasteiger partial charge in [0.15, 0.2) is 17.4 Å². The Morgan fingerprint density at radius 2 is 1.67 bits per heavy atom. The maximum absolute atomic E-state index is 13.0. The van der Waals surface area contributed by atoms with Gasteiger partial charge in [0.05, 0.1) is 10.9 Å². The zero-order chi connectivity index (χ0) is 14.0. The highest BCUT2D eigenvalue weighted by molar-refractivity contribution is 6.34. The fourth-order valence-electron chi connectivity index (χ4n) is 1.40. The molecule has 1 rings (SSSR count). The van der Waals surface area contributed by atoms with Crippen LogP contribution in [0.2, 0.25) is 5.02 Å². The Morgan fingerprint density at radius 3 is 2.17 bits per heavy atom. The summed E-state index contributed by atoms with van der Waals surface area (Å²) in [6.07, 6.45) is 0. The van der Waals surface area contributed by atoms with Crippen molar-refractivity contribution in [3.05, 3.63) is 34.4 Å². The van der Waals surface area contributed by atoms with E-state index in [2.05, 4.69) is 0 Å². The molecule has 0 amide bonds. The van der Waals surface area contributed by atoms with E-state index < -0.39 is 35.2 Å². The lowest BCUT2D eigenvalue weighted by molar-refractivity contribution is -0.142. The third-order valence-corrected chi connectivity index (χ3v) is 3.14. The molecule has 0 radical (unpaired) electrons. The number of rotatable bonds is 4. The molecular formula is C12H11ClF2O3. The minimum Gasteiger partial charge on any atom is -0.481 e. The molecular weight excluding hydrogens is 266 g/mol. The molecule has 0 bridgehead atoms. The summed E-state index contributed by atoms with van der Waals surface area (Å²) in [6, 6.07) is 1.38. The first kappa shape index (κ1) is 14.6. The molecule has 1 N–H and O–H groups in total. The minimum atomic E-state index is -1.20. The monoisotopic (exact) mass is 276 g/mol.